The summed E-state index contributed by atoms with van der Waals surface area (Å²) in [5.74, 6) is 1.82. The summed E-state index contributed by atoms with van der Waals surface area (Å²) in [7, 11) is 4.85. The fourth-order valence-corrected chi connectivity index (χ4v) is 4.57. The molecular formula is C24H28N2O5. The van der Waals surface area contributed by atoms with Gasteiger partial charge in [0.25, 0.3) is 0 Å². The van der Waals surface area contributed by atoms with Crippen LogP contribution in [-0.4, -0.2) is 51.1 Å². The Morgan fingerprint density at radius 2 is 1.68 bits per heavy atom. The van der Waals surface area contributed by atoms with E-state index < -0.39 is 0 Å². The maximum atomic E-state index is 13.4. The summed E-state index contributed by atoms with van der Waals surface area (Å²) in [6, 6.07) is 13.0. The quantitative estimate of drug-likeness (QED) is 0.711. The second-order valence-electron chi connectivity index (χ2n) is 7.90. The van der Waals surface area contributed by atoms with Crippen LogP contribution < -0.4 is 19.1 Å². The molecule has 0 radical (unpaired) electrons. The molecular weight excluding hydrogens is 396 g/mol. The molecule has 31 heavy (non-hydrogen) atoms. The lowest BCUT2D eigenvalue weighted by atomic mass is 10.0. The first-order valence-corrected chi connectivity index (χ1v) is 10.5. The van der Waals surface area contributed by atoms with Crippen LogP contribution in [0, 0.1) is 5.92 Å². The fourth-order valence-electron chi connectivity index (χ4n) is 4.57. The van der Waals surface area contributed by atoms with Crippen LogP contribution >= 0.6 is 0 Å². The second kappa shape index (κ2) is 8.88. The molecule has 2 atom stereocenters. The Bertz CT molecular complexity index is 959. The van der Waals surface area contributed by atoms with Crippen molar-refractivity contribution in [2.24, 2.45) is 5.92 Å². The van der Waals surface area contributed by atoms with Crippen LogP contribution in [0.4, 0.5) is 5.69 Å². The Hall–Kier alpha value is -3.22. The monoisotopic (exact) mass is 424 g/mol. The van der Waals surface area contributed by atoms with E-state index in [9.17, 15) is 9.59 Å². The zero-order valence-electron chi connectivity index (χ0n) is 18.2. The Balaban J connectivity index is 1.52. The molecule has 2 heterocycles. The van der Waals surface area contributed by atoms with E-state index in [2.05, 4.69) is 0 Å². The van der Waals surface area contributed by atoms with Crippen LogP contribution in [-0.2, 0) is 9.59 Å². The van der Waals surface area contributed by atoms with Crippen molar-refractivity contribution >= 4 is 17.5 Å². The van der Waals surface area contributed by atoms with Crippen molar-refractivity contribution in [3.05, 3.63) is 48.0 Å². The van der Waals surface area contributed by atoms with Gasteiger partial charge >= 0.3 is 0 Å². The van der Waals surface area contributed by atoms with E-state index in [0.717, 1.165) is 29.8 Å². The molecule has 2 aromatic rings. The van der Waals surface area contributed by atoms with Crippen molar-refractivity contribution < 1.29 is 23.8 Å². The summed E-state index contributed by atoms with van der Waals surface area (Å²) in [5.41, 5.74) is 1.77. The minimum absolute atomic E-state index is 0.0266. The third-order valence-electron chi connectivity index (χ3n) is 6.19. The van der Waals surface area contributed by atoms with Gasteiger partial charge < -0.3 is 24.0 Å². The maximum absolute atomic E-state index is 13.4. The van der Waals surface area contributed by atoms with E-state index >= 15 is 0 Å². The largest absolute Gasteiger partial charge is 0.497 e. The molecule has 164 valence electrons. The van der Waals surface area contributed by atoms with Crippen molar-refractivity contribution in [2.45, 2.75) is 25.3 Å². The van der Waals surface area contributed by atoms with Crippen LogP contribution in [0.2, 0.25) is 0 Å². The zero-order chi connectivity index (χ0) is 22.0. The molecule has 2 amide bonds. The van der Waals surface area contributed by atoms with Crippen LogP contribution in [0.25, 0.3) is 0 Å². The van der Waals surface area contributed by atoms with Crippen molar-refractivity contribution in [2.75, 3.05) is 39.3 Å². The van der Waals surface area contributed by atoms with Crippen molar-refractivity contribution in [1.82, 2.24) is 4.90 Å². The van der Waals surface area contributed by atoms with E-state index in [1.165, 1.54) is 0 Å². The Morgan fingerprint density at radius 3 is 2.35 bits per heavy atom. The summed E-state index contributed by atoms with van der Waals surface area (Å²) in [4.78, 5) is 29.7. The summed E-state index contributed by atoms with van der Waals surface area (Å²) >= 11 is 0. The minimum atomic E-state index is -0.348. The number of hydrogen-bond acceptors (Lipinski definition) is 5. The molecule has 0 N–H and O–H groups in total. The van der Waals surface area contributed by atoms with E-state index in [-0.39, 0.29) is 30.2 Å². The summed E-state index contributed by atoms with van der Waals surface area (Å²) < 4.78 is 16.1. The molecule has 2 aromatic carbocycles. The van der Waals surface area contributed by atoms with Crippen molar-refractivity contribution in [3.63, 3.8) is 0 Å². The number of hydrogen-bond donors (Lipinski definition) is 0. The van der Waals surface area contributed by atoms with Gasteiger partial charge in [0.15, 0.2) is 0 Å². The van der Waals surface area contributed by atoms with Gasteiger partial charge in [0.2, 0.25) is 11.8 Å². The first kappa shape index (κ1) is 21.0. The van der Waals surface area contributed by atoms with Crippen LogP contribution in [0.15, 0.2) is 42.5 Å². The Morgan fingerprint density at radius 1 is 0.968 bits per heavy atom. The molecule has 0 saturated carbocycles. The Labute approximate surface area is 182 Å². The predicted octanol–water partition coefficient (Wildman–Crippen LogP) is 3.43. The lowest BCUT2D eigenvalue weighted by Crippen LogP contribution is -2.37. The lowest BCUT2D eigenvalue weighted by molar-refractivity contribution is -0.136. The van der Waals surface area contributed by atoms with Crippen LogP contribution in [0.5, 0.6) is 17.2 Å². The number of carbonyl (C=O) groups is 2. The first-order valence-electron chi connectivity index (χ1n) is 10.5. The number of benzene rings is 2. The van der Waals surface area contributed by atoms with Gasteiger partial charge in [-0.15, -0.1) is 0 Å². The average molecular weight is 424 g/mol. The molecule has 2 aliphatic heterocycles. The molecule has 0 aliphatic carbocycles. The molecule has 0 unspecified atom stereocenters. The normalized spacial score (nSPS) is 20.8. The van der Waals surface area contributed by atoms with Gasteiger partial charge in [0, 0.05) is 36.8 Å². The number of methoxy groups -OCH3 is 3. The molecule has 0 spiro atoms. The van der Waals surface area contributed by atoms with Gasteiger partial charge in [-0.2, -0.15) is 0 Å². The standard InChI is InChI=1S/C24H28N2O5/c1-29-18-8-6-17(7-9-18)26-15-16(13-23(26)27)24(28)25-12-4-5-21(25)20-11-10-19(30-2)14-22(20)31-3/h6-11,14,16,21H,4-5,12-13,15H2,1-3H3/t16-,21+/m1/s1. The maximum Gasteiger partial charge on any atom is 0.228 e. The summed E-state index contributed by atoms with van der Waals surface area (Å²) in [5, 5.41) is 0. The van der Waals surface area contributed by atoms with E-state index in [1.54, 1.807) is 26.2 Å². The molecule has 4 rings (SSSR count). The molecule has 0 bridgehead atoms. The Kier molecular flexibility index (Phi) is 6.02. The number of likely N-dealkylation sites (tertiary alicyclic amines) is 1. The van der Waals surface area contributed by atoms with Gasteiger partial charge in [-0.25, -0.2) is 0 Å². The highest BCUT2D eigenvalue weighted by atomic mass is 16.5. The van der Waals surface area contributed by atoms with Gasteiger partial charge in [0.1, 0.15) is 17.2 Å². The first-order chi connectivity index (χ1) is 15.0. The zero-order valence-corrected chi connectivity index (χ0v) is 18.2. The molecule has 2 aliphatic rings. The van der Waals surface area contributed by atoms with Crippen molar-refractivity contribution in [1.29, 1.82) is 0 Å². The van der Waals surface area contributed by atoms with Crippen LogP contribution in [0.3, 0.4) is 0 Å². The number of amides is 2. The van der Waals surface area contributed by atoms with E-state index in [0.29, 0.717) is 24.6 Å². The molecule has 2 fully saturated rings. The highest BCUT2D eigenvalue weighted by Gasteiger charge is 2.41. The highest BCUT2D eigenvalue weighted by molar-refractivity contribution is 6.00. The number of ether oxygens (including phenoxy) is 3. The minimum Gasteiger partial charge on any atom is -0.497 e. The number of nitrogens with zero attached hydrogens (tertiary/aromatic N) is 2. The molecule has 2 saturated heterocycles. The SMILES string of the molecule is COc1ccc(N2C[C@H](C(=O)N3CCC[C@H]3c3ccc(OC)cc3OC)CC2=O)cc1. The van der Waals surface area contributed by atoms with Gasteiger partial charge in [-0.05, 0) is 49.2 Å². The summed E-state index contributed by atoms with van der Waals surface area (Å²) in [6.45, 7) is 1.08. The predicted molar refractivity (Wildman–Crippen MR) is 117 cm³/mol. The van der Waals surface area contributed by atoms with E-state index in [4.69, 9.17) is 14.2 Å². The summed E-state index contributed by atoms with van der Waals surface area (Å²) in [6.07, 6.45) is 2.03. The molecule has 7 heteroatoms. The van der Waals surface area contributed by atoms with Gasteiger partial charge in [0.05, 0.1) is 33.3 Å². The second-order valence-corrected chi connectivity index (χ2v) is 7.90. The molecule has 0 aromatic heterocycles. The fraction of sp³-hybridized carbons (Fsp3) is 0.417. The number of rotatable bonds is 6. The lowest BCUT2D eigenvalue weighted by Gasteiger charge is -2.28. The number of carbonyl (C=O) groups excluding carboxylic acids is 2. The average Bonchev–Trinajstić information content (AvgIpc) is 3.45. The third-order valence-corrected chi connectivity index (χ3v) is 6.19. The van der Waals surface area contributed by atoms with E-state index in [1.807, 2.05) is 47.4 Å². The smallest absolute Gasteiger partial charge is 0.228 e. The van der Waals surface area contributed by atoms with Crippen molar-refractivity contribution in [3.8, 4) is 17.2 Å². The number of anilines is 1. The van der Waals surface area contributed by atoms with Gasteiger partial charge in [-0.3, -0.25) is 9.59 Å². The van der Waals surface area contributed by atoms with Gasteiger partial charge in [-0.1, -0.05) is 0 Å². The topological polar surface area (TPSA) is 68.3 Å². The highest BCUT2D eigenvalue weighted by Crippen LogP contribution is 2.40. The third kappa shape index (κ3) is 4.04. The van der Waals surface area contributed by atoms with Crippen LogP contribution in [0.1, 0.15) is 30.9 Å². The molecule has 7 nitrogen and oxygen atoms in total.